The van der Waals surface area contributed by atoms with Crippen LogP contribution in [-0.2, 0) is 4.74 Å². The molecule has 0 spiro atoms. The van der Waals surface area contributed by atoms with Crippen LogP contribution in [-0.4, -0.2) is 17.9 Å². The number of ether oxygens (including phenoxy) is 1. The molecule has 3 nitrogen and oxygen atoms in total. The van der Waals surface area contributed by atoms with Crippen molar-refractivity contribution in [3.8, 4) is 0 Å². The van der Waals surface area contributed by atoms with E-state index in [2.05, 4.69) is 11.3 Å². The molecule has 0 aliphatic rings. The van der Waals surface area contributed by atoms with Gasteiger partial charge in [0.15, 0.2) is 0 Å². The lowest BCUT2D eigenvalue weighted by atomic mass is 10.7. The van der Waals surface area contributed by atoms with Gasteiger partial charge in [-0.1, -0.05) is 12.7 Å². The number of carboxylic acid groups (broad SMARTS) is 1. The number of hydrogen-bond acceptors (Lipinski definition) is 2. The predicted molar refractivity (Wildman–Crippen MR) is 24.2 cm³/mol. The maximum atomic E-state index is 9.49. The topological polar surface area (TPSA) is 46.5 Å². The average molecular weight is 102 g/mol. The van der Waals surface area contributed by atoms with Crippen LogP contribution in [0.3, 0.4) is 0 Å². The second-order valence-electron chi connectivity index (χ2n) is 0.866. The summed E-state index contributed by atoms with van der Waals surface area (Å²) in [5.41, 5.74) is 0. The predicted octanol–water partition coefficient (Wildman–Crippen LogP) is 0.867. The number of carbonyl (C=O) groups is 1. The van der Waals surface area contributed by atoms with Gasteiger partial charge in [-0.05, 0) is 0 Å². The molecule has 0 rings (SSSR count). The van der Waals surface area contributed by atoms with Crippen molar-refractivity contribution in [3.05, 3.63) is 12.7 Å². The molecule has 0 fully saturated rings. The molecule has 0 aliphatic carbocycles. The van der Waals surface area contributed by atoms with Gasteiger partial charge in [-0.15, -0.1) is 0 Å². The molecule has 7 heavy (non-hydrogen) atoms. The molecule has 0 aliphatic heterocycles. The summed E-state index contributed by atoms with van der Waals surface area (Å²) in [6.45, 7) is 3.31. The SMILES string of the molecule is C=CCOC(=O)O. The summed E-state index contributed by atoms with van der Waals surface area (Å²) < 4.78 is 3.99. The fourth-order valence-electron chi connectivity index (χ4n) is 0.130. The Bertz CT molecular complexity index is 77.0. The lowest BCUT2D eigenvalue weighted by Gasteiger charge is -1.88. The molecule has 0 aromatic heterocycles. The summed E-state index contributed by atoms with van der Waals surface area (Å²) in [4.78, 5) is 9.49. The molecule has 0 amide bonds. The third-order valence-electron chi connectivity index (χ3n) is 0.325. The van der Waals surface area contributed by atoms with Crippen LogP contribution in [0.2, 0.25) is 0 Å². The van der Waals surface area contributed by atoms with Gasteiger partial charge in [0.2, 0.25) is 0 Å². The monoisotopic (exact) mass is 102 g/mol. The van der Waals surface area contributed by atoms with Gasteiger partial charge in [-0.3, -0.25) is 0 Å². The van der Waals surface area contributed by atoms with Crippen molar-refractivity contribution in [3.63, 3.8) is 0 Å². The highest BCUT2D eigenvalue weighted by Gasteiger charge is 1.87. The van der Waals surface area contributed by atoms with Crippen LogP contribution in [0.25, 0.3) is 0 Å². The van der Waals surface area contributed by atoms with Gasteiger partial charge in [-0.25, -0.2) is 4.79 Å². The van der Waals surface area contributed by atoms with E-state index >= 15 is 0 Å². The second-order valence-corrected chi connectivity index (χ2v) is 0.866. The minimum absolute atomic E-state index is 0.0648. The van der Waals surface area contributed by atoms with E-state index in [0.717, 1.165) is 0 Å². The maximum Gasteiger partial charge on any atom is 0.506 e. The Kier molecular flexibility index (Phi) is 2.76. The van der Waals surface area contributed by atoms with Gasteiger partial charge in [0.05, 0.1) is 0 Å². The van der Waals surface area contributed by atoms with Crippen LogP contribution in [0.5, 0.6) is 0 Å². The summed E-state index contributed by atoms with van der Waals surface area (Å²) in [5, 5.41) is 7.77. The fraction of sp³-hybridized carbons (Fsp3) is 0.250. The molecule has 0 unspecified atom stereocenters. The Morgan fingerprint density at radius 2 is 2.57 bits per heavy atom. The van der Waals surface area contributed by atoms with Gasteiger partial charge >= 0.3 is 6.16 Å². The van der Waals surface area contributed by atoms with Crippen LogP contribution < -0.4 is 0 Å². The van der Waals surface area contributed by atoms with E-state index in [-0.39, 0.29) is 6.61 Å². The Morgan fingerprint density at radius 3 is 2.71 bits per heavy atom. The molecule has 0 saturated heterocycles. The molecule has 0 radical (unpaired) electrons. The Balaban J connectivity index is 2.97. The van der Waals surface area contributed by atoms with Gasteiger partial charge in [0.1, 0.15) is 6.61 Å². The van der Waals surface area contributed by atoms with Crippen molar-refractivity contribution in [2.24, 2.45) is 0 Å². The van der Waals surface area contributed by atoms with E-state index in [4.69, 9.17) is 5.11 Å². The van der Waals surface area contributed by atoms with E-state index in [1.165, 1.54) is 6.08 Å². The molecular formula is C4H6O3. The standard InChI is InChI=1S/C4H6O3/c1-2-3-7-4(5)6/h2H,1,3H2,(H,5,6). The highest BCUT2D eigenvalue weighted by molar-refractivity contribution is 5.56. The fourth-order valence-corrected chi connectivity index (χ4v) is 0.130. The Morgan fingerprint density at radius 1 is 2.00 bits per heavy atom. The van der Waals surface area contributed by atoms with Crippen LogP contribution in [0.15, 0.2) is 12.7 Å². The van der Waals surface area contributed by atoms with Crippen LogP contribution in [0.4, 0.5) is 4.79 Å². The zero-order valence-corrected chi connectivity index (χ0v) is 3.76. The van der Waals surface area contributed by atoms with Gasteiger partial charge in [0.25, 0.3) is 0 Å². The molecule has 0 aromatic carbocycles. The van der Waals surface area contributed by atoms with Crippen LogP contribution >= 0.6 is 0 Å². The minimum atomic E-state index is -1.26. The van der Waals surface area contributed by atoms with E-state index in [9.17, 15) is 4.79 Å². The first-order chi connectivity index (χ1) is 3.27. The average Bonchev–Trinajstić information content (AvgIpc) is 1.61. The lowest BCUT2D eigenvalue weighted by Crippen LogP contribution is -1.98. The van der Waals surface area contributed by atoms with Gasteiger partial charge < -0.3 is 9.84 Å². The summed E-state index contributed by atoms with van der Waals surface area (Å²) in [5.74, 6) is 0. The normalized spacial score (nSPS) is 7.43. The summed E-state index contributed by atoms with van der Waals surface area (Å²) in [6, 6.07) is 0. The van der Waals surface area contributed by atoms with Crippen molar-refractivity contribution >= 4 is 6.16 Å². The summed E-state index contributed by atoms with van der Waals surface area (Å²) in [7, 11) is 0. The number of rotatable bonds is 2. The largest absolute Gasteiger partial charge is 0.506 e. The molecule has 40 valence electrons. The van der Waals surface area contributed by atoms with Crippen LogP contribution in [0.1, 0.15) is 0 Å². The Labute approximate surface area is 41.2 Å². The molecule has 0 bridgehead atoms. The quantitative estimate of drug-likeness (QED) is 0.415. The molecule has 0 aromatic rings. The molecule has 0 heterocycles. The van der Waals surface area contributed by atoms with E-state index in [1.807, 2.05) is 0 Å². The first kappa shape index (κ1) is 6.01. The number of hydrogen-bond donors (Lipinski definition) is 1. The van der Waals surface area contributed by atoms with Crippen molar-refractivity contribution in [1.82, 2.24) is 0 Å². The Hall–Kier alpha value is -0.990. The van der Waals surface area contributed by atoms with Gasteiger partial charge in [0, 0.05) is 0 Å². The van der Waals surface area contributed by atoms with Crippen LogP contribution in [0, 0.1) is 0 Å². The second kappa shape index (κ2) is 3.21. The zero-order valence-electron chi connectivity index (χ0n) is 3.76. The lowest BCUT2D eigenvalue weighted by molar-refractivity contribution is 0.102. The third-order valence-corrected chi connectivity index (χ3v) is 0.325. The van der Waals surface area contributed by atoms with Crippen molar-refractivity contribution in [2.75, 3.05) is 6.61 Å². The molecule has 0 saturated carbocycles. The van der Waals surface area contributed by atoms with Gasteiger partial charge in [-0.2, -0.15) is 0 Å². The maximum absolute atomic E-state index is 9.49. The first-order valence-corrected chi connectivity index (χ1v) is 1.74. The molecule has 1 N–H and O–H groups in total. The van der Waals surface area contributed by atoms with E-state index in [0.29, 0.717) is 0 Å². The minimum Gasteiger partial charge on any atom is -0.450 e. The highest BCUT2D eigenvalue weighted by Crippen LogP contribution is 1.73. The summed E-state index contributed by atoms with van der Waals surface area (Å²) in [6.07, 6.45) is 0.105. The first-order valence-electron chi connectivity index (χ1n) is 1.74. The van der Waals surface area contributed by atoms with Crippen molar-refractivity contribution in [1.29, 1.82) is 0 Å². The summed E-state index contributed by atoms with van der Waals surface area (Å²) >= 11 is 0. The third kappa shape index (κ3) is 5.01. The molecule has 3 heteroatoms. The zero-order chi connectivity index (χ0) is 5.70. The van der Waals surface area contributed by atoms with Crippen molar-refractivity contribution < 1.29 is 14.6 Å². The molecule has 0 atom stereocenters. The highest BCUT2D eigenvalue weighted by atomic mass is 16.7. The van der Waals surface area contributed by atoms with Crippen molar-refractivity contribution in [2.45, 2.75) is 0 Å². The smallest absolute Gasteiger partial charge is 0.450 e. The van der Waals surface area contributed by atoms with E-state index < -0.39 is 6.16 Å². The van der Waals surface area contributed by atoms with E-state index in [1.54, 1.807) is 0 Å². The molecular weight excluding hydrogens is 96.0 g/mol.